The van der Waals surface area contributed by atoms with Crippen molar-refractivity contribution in [2.75, 3.05) is 5.32 Å². The molecule has 22 heavy (non-hydrogen) atoms. The van der Waals surface area contributed by atoms with Crippen LogP contribution >= 0.6 is 0 Å². The first kappa shape index (κ1) is 13.8. The summed E-state index contributed by atoms with van der Waals surface area (Å²) in [5.41, 5.74) is 0.868. The van der Waals surface area contributed by atoms with Gasteiger partial charge < -0.3 is 5.32 Å². The van der Waals surface area contributed by atoms with Crippen LogP contribution in [0.1, 0.15) is 10.4 Å². The van der Waals surface area contributed by atoms with Crippen molar-refractivity contribution in [2.24, 2.45) is 0 Å². The summed E-state index contributed by atoms with van der Waals surface area (Å²) in [6.07, 6.45) is 0. The maximum atomic E-state index is 12.4. The van der Waals surface area contributed by atoms with E-state index in [1.165, 1.54) is 18.2 Å². The zero-order valence-electron chi connectivity index (χ0n) is 11.5. The van der Waals surface area contributed by atoms with Crippen LogP contribution in [0.25, 0.3) is 10.8 Å². The van der Waals surface area contributed by atoms with E-state index in [2.05, 4.69) is 5.32 Å². The molecule has 108 valence electrons. The molecule has 0 bridgehead atoms. The van der Waals surface area contributed by atoms with Gasteiger partial charge >= 0.3 is 0 Å². The molecule has 0 radical (unpaired) electrons. The summed E-state index contributed by atoms with van der Waals surface area (Å²) in [5.74, 6) is -0.294. The number of amides is 1. The molecule has 5 heteroatoms. The Labute approximate surface area is 126 Å². The normalized spacial score (nSPS) is 10.4. The first-order valence-electron chi connectivity index (χ1n) is 6.69. The highest BCUT2D eigenvalue weighted by molar-refractivity contribution is 6.12. The lowest BCUT2D eigenvalue weighted by Gasteiger charge is -2.08. The molecule has 0 saturated carbocycles. The van der Waals surface area contributed by atoms with Gasteiger partial charge in [0.25, 0.3) is 11.6 Å². The predicted octanol–water partition coefficient (Wildman–Crippen LogP) is 4.00. The number of nitro groups is 1. The average Bonchev–Trinajstić information content (AvgIpc) is 2.54. The van der Waals surface area contributed by atoms with Crippen LogP contribution in [-0.4, -0.2) is 10.8 Å². The van der Waals surface area contributed by atoms with Crippen molar-refractivity contribution in [1.82, 2.24) is 0 Å². The van der Waals surface area contributed by atoms with E-state index in [1.54, 1.807) is 12.1 Å². The number of nitrogens with zero attached hydrogens (tertiary/aromatic N) is 1. The lowest BCUT2D eigenvalue weighted by molar-refractivity contribution is -0.384. The first-order valence-corrected chi connectivity index (χ1v) is 6.69. The molecule has 0 unspecified atom stereocenters. The van der Waals surface area contributed by atoms with Crippen LogP contribution in [0, 0.1) is 10.1 Å². The Hall–Kier alpha value is -3.21. The van der Waals surface area contributed by atoms with E-state index in [4.69, 9.17) is 0 Å². The Kier molecular flexibility index (Phi) is 3.53. The Bertz CT molecular complexity index is 869. The third-order valence-electron chi connectivity index (χ3n) is 3.35. The zero-order chi connectivity index (χ0) is 15.5. The molecule has 0 aliphatic heterocycles. The second kappa shape index (κ2) is 5.65. The second-order valence-electron chi connectivity index (χ2n) is 4.79. The van der Waals surface area contributed by atoms with Crippen molar-refractivity contribution in [2.45, 2.75) is 0 Å². The molecule has 0 saturated heterocycles. The van der Waals surface area contributed by atoms with Crippen LogP contribution in [0.15, 0.2) is 66.7 Å². The molecule has 0 heterocycles. The number of benzene rings is 3. The fourth-order valence-electron chi connectivity index (χ4n) is 2.32. The Morgan fingerprint density at radius 1 is 0.955 bits per heavy atom. The topological polar surface area (TPSA) is 72.2 Å². The molecule has 1 amide bonds. The molecular formula is C17H12N2O3. The van der Waals surface area contributed by atoms with Gasteiger partial charge in [0, 0.05) is 23.4 Å². The molecule has 5 nitrogen and oxygen atoms in total. The minimum atomic E-state index is -0.492. The average molecular weight is 292 g/mol. The molecule has 0 atom stereocenters. The van der Waals surface area contributed by atoms with Crippen LogP contribution in [-0.2, 0) is 0 Å². The molecule has 3 rings (SSSR count). The Morgan fingerprint density at radius 2 is 1.68 bits per heavy atom. The summed E-state index contributed by atoms with van der Waals surface area (Å²) in [7, 11) is 0. The SMILES string of the molecule is O=C(Nc1cccc([N+](=O)[O-])c1)c1cccc2ccccc12. The van der Waals surface area contributed by atoms with Gasteiger partial charge in [-0.2, -0.15) is 0 Å². The summed E-state index contributed by atoms with van der Waals surface area (Å²) < 4.78 is 0. The number of anilines is 1. The highest BCUT2D eigenvalue weighted by atomic mass is 16.6. The van der Waals surface area contributed by atoms with E-state index in [0.29, 0.717) is 11.3 Å². The summed E-state index contributed by atoms with van der Waals surface area (Å²) in [5, 5.41) is 15.3. The zero-order valence-corrected chi connectivity index (χ0v) is 11.5. The summed E-state index contributed by atoms with van der Waals surface area (Å²) >= 11 is 0. The van der Waals surface area contributed by atoms with E-state index in [9.17, 15) is 14.9 Å². The number of non-ortho nitro benzene ring substituents is 1. The maximum absolute atomic E-state index is 12.4. The molecule has 0 fully saturated rings. The van der Waals surface area contributed by atoms with Crippen LogP contribution in [0.4, 0.5) is 11.4 Å². The van der Waals surface area contributed by atoms with E-state index in [0.717, 1.165) is 10.8 Å². The third-order valence-corrected chi connectivity index (χ3v) is 3.35. The van der Waals surface area contributed by atoms with Crippen LogP contribution in [0.5, 0.6) is 0 Å². The van der Waals surface area contributed by atoms with Crippen LogP contribution < -0.4 is 5.32 Å². The van der Waals surface area contributed by atoms with E-state index < -0.39 is 4.92 Å². The summed E-state index contributed by atoms with van der Waals surface area (Å²) in [6.45, 7) is 0. The van der Waals surface area contributed by atoms with Gasteiger partial charge in [-0.3, -0.25) is 14.9 Å². The van der Waals surface area contributed by atoms with Crippen LogP contribution in [0.2, 0.25) is 0 Å². The number of hydrogen-bond acceptors (Lipinski definition) is 3. The van der Waals surface area contributed by atoms with Gasteiger partial charge in [-0.05, 0) is 22.9 Å². The van der Waals surface area contributed by atoms with E-state index in [1.807, 2.05) is 36.4 Å². The largest absolute Gasteiger partial charge is 0.322 e. The van der Waals surface area contributed by atoms with E-state index in [-0.39, 0.29) is 11.6 Å². The third kappa shape index (κ3) is 2.64. The minimum Gasteiger partial charge on any atom is -0.322 e. The number of carbonyl (C=O) groups excluding carboxylic acids is 1. The fourth-order valence-corrected chi connectivity index (χ4v) is 2.32. The van der Waals surface area contributed by atoms with Gasteiger partial charge in [-0.1, -0.05) is 42.5 Å². The molecule has 3 aromatic rings. The first-order chi connectivity index (χ1) is 10.6. The van der Waals surface area contributed by atoms with Crippen molar-refractivity contribution >= 4 is 28.1 Å². The van der Waals surface area contributed by atoms with Crippen molar-refractivity contribution in [1.29, 1.82) is 0 Å². The quantitative estimate of drug-likeness (QED) is 0.585. The fraction of sp³-hybridized carbons (Fsp3) is 0. The summed E-state index contributed by atoms with van der Waals surface area (Å²) in [4.78, 5) is 22.7. The smallest absolute Gasteiger partial charge is 0.271 e. The van der Waals surface area contributed by atoms with Gasteiger partial charge in [0.1, 0.15) is 0 Å². The van der Waals surface area contributed by atoms with Crippen molar-refractivity contribution < 1.29 is 9.72 Å². The molecular weight excluding hydrogens is 280 g/mol. The number of nitrogens with one attached hydrogen (secondary N) is 1. The monoisotopic (exact) mass is 292 g/mol. The molecule has 0 aromatic heterocycles. The molecule has 3 aromatic carbocycles. The summed E-state index contributed by atoms with van der Waals surface area (Å²) in [6, 6.07) is 18.9. The predicted molar refractivity (Wildman–Crippen MR) is 85.0 cm³/mol. The van der Waals surface area contributed by atoms with E-state index >= 15 is 0 Å². The molecule has 1 N–H and O–H groups in total. The van der Waals surface area contributed by atoms with Gasteiger partial charge in [-0.25, -0.2) is 0 Å². The van der Waals surface area contributed by atoms with Gasteiger partial charge in [0.05, 0.1) is 4.92 Å². The molecule has 0 aliphatic rings. The van der Waals surface area contributed by atoms with Crippen molar-refractivity contribution in [3.63, 3.8) is 0 Å². The minimum absolute atomic E-state index is 0.0595. The second-order valence-corrected chi connectivity index (χ2v) is 4.79. The van der Waals surface area contributed by atoms with Crippen molar-refractivity contribution in [3.05, 3.63) is 82.4 Å². The van der Waals surface area contributed by atoms with Crippen molar-refractivity contribution in [3.8, 4) is 0 Å². The van der Waals surface area contributed by atoms with Gasteiger partial charge in [-0.15, -0.1) is 0 Å². The standard InChI is InChI=1S/C17H12N2O3/c20-17(18-13-7-4-8-14(11-13)19(21)22)16-10-3-6-12-5-1-2-9-15(12)16/h1-11H,(H,18,20). The highest BCUT2D eigenvalue weighted by Crippen LogP contribution is 2.21. The number of fused-ring (bicyclic) bond motifs is 1. The number of nitro benzene ring substituents is 1. The molecule has 0 aliphatic carbocycles. The maximum Gasteiger partial charge on any atom is 0.271 e. The van der Waals surface area contributed by atoms with Gasteiger partial charge in [0.15, 0.2) is 0 Å². The number of hydrogen-bond donors (Lipinski definition) is 1. The number of rotatable bonds is 3. The Morgan fingerprint density at radius 3 is 2.50 bits per heavy atom. The Balaban J connectivity index is 1.94. The highest BCUT2D eigenvalue weighted by Gasteiger charge is 2.12. The lowest BCUT2D eigenvalue weighted by Crippen LogP contribution is -2.12. The van der Waals surface area contributed by atoms with Gasteiger partial charge in [0.2, 0.25) is 0 Å². The number of carbonyl (C=O) groups is 1. The molecule has 0 spiro atoms. The van der Waals surface area contributed by atoms with Crippen LogP contribution in [0.3, 0.4) is 0 Å². The lowest BCUT2D eigenvalue weighted by atomic mass is 10.0.